The second-order valence-electron chi connectivity index (χ2n) is 5.54. The summed E-state index contributed by atoms with van der Waals surface area (Å²) in [6.45, 7) is 4.32. The molecule has 1 aliphatic rings. The van der Waals surface area contributed by atoms with Crippen molar-refractivity contribution in [2.75, 3.05) is 5.32 Å². The van der Waals surface area contributed by atoms with Crippen molar-refractivity contribution in [3.63, 3.8) is 0 Å². The topological polar surface area (TPSA) is 37.8 Å². The van der Waals surface area contributed by atoms with Gasteiger partial charge < -0.3 is 5.32 Å². The number of hydrogen-bond donors (Lipinski definition) is 1. The number of para-hydroxylation sites is 2. The molecule has 0 spiro atoms. The van der Waals surface area contributed by atoms with Crippen molar-refractivity contribution in [2.24, 2.45) is 0 Å². The van der Waals surface area contributed by atoms with E-state index in [2.05, 4.69) is 17.2 Å². The zero-order valence-electron chi connectivity index (χ0n) is 11.0. The Hall–Kier alpha value is -1.64. The molecule has 94 valence electrons. The van der Waals surface area contributed by atoms with Crippen LogP contribution in [-0.2, 0) is 0 Å². The molecule has 1 heterocycles. The first kappa shape index (κ1) is 11.5. The second-order valence-corrected chi connectivity index (χ2v) is 5.54. The van der Waals surface area contributed by atoms with Crippen molar-refractivity contribution in [3.8, 4) is 0 Å². The van der Waals surface area contributed by atoms with E-state index in [1.165, 1.54) is 25.7 Å². The van der Waals surface area contributed by atoms with Gasteiger partial charge in [0.25, 0.3) is 0 Å². The van der Waals surface area contributed by atoms with Gasteiger partial charge in [0, 0.05) is 5.54 Å². The molecule has 3 rings (SSSR count). The Morgan fingerprint density at radius 3 is 2.33 bits per heavy atom. The number of benzene rings is 1. The fraction of sp³-hybridized carbons (Fsp3) is 0.467. The highest BCUT2D eigenvalue weighted by molar-refractivity contribution is 5.76. The monoisotopic (exact) mass is 241 g/mol. The largest absolute Gasteiger partial charge is 0.363 e. The molecule has 1 aliphatic carbocycles. The lowest BCUT2D eigenvalue weighted by molar-refractivity contribution is 0.530. The van der Waals surface area contributed by atoms with Crippen LogP contribution in [-0.4, -0.2) is 15.5 Å². The van der Waals surface area contributed by atoms with Crippen molar-refractivity contribution in [3.05, 3.63) is 30.0 Å². The first-order valence-electron chi connectivity index (χ1n) is 6.68. The number of aryl methyl sites for hydroxylation is 1. The molecule has 1 aromatic carbocycles. The van der Waals surface area contributed by atoms with Gasteiger partial charge >= 0.3 is 0 Å². The van der Waals surface area contributed by atoms with Gasteiger partial charge in [-0.3, -0.25) is 0 Å². The summed E-state index contributed by atoms with van der Waals surface area (Å²) in [5.74, 6) is 0.943. The zero-order valence-corrected chi connectivity index (χ0v) is 11.0. The van der Waals surface area contributed by atoms with E-state index >= 15 is 0 Å². The Balaban J connectivity index is 1.98. The molecule has 1 saturated carbocycles. The molecule has 2 aromatic rings. The number of aromatic nitrogens is 2. The number of fused-ring (bicyclic) bond motifs is 1. The lowest BCUT2D eigenvalue weighted by atomic mass is 10.0. The molecule has 0 radical (unpaired) electrons. The van der Waals surface area contributed by atoms with E-state index in [1.807, 2.05) is 31.2 Å². The average molecular weight is 241 g/mol. The summed E-state index contributed by atoms with van der Waals surface area (Å²) >= 11 is 0. The Morgan fingerprint density at radius 1 is 1.06 bits per heavy atom. The molecular weight excluding hydrogens is 222 g/mol. The van der Waals surface area contributed by atoms with E-state index in [9.17, 15) is 0 Å². The number of anilines is 1. The van der Waals surface area contributed by atoms with Crippen LogP contribution in [0.2, 0.25) is 0 Å². The number of nitrogens with zero attached hydrogens (tertiary/aromatic N) is 2. The van der Waals surface area contributed by atoms with Crippen molar-refractivity contribution in [2.45, 2.75) is 45.1 Å². The minimum Gasteiger partial charge on any atom is -0.363 e. The van der Waals surface area contributed by atoms with Crippen molar-refractivity contribution in [1.82, 2.24) is 9.97 Å². The lowest BCUT2D eigenvalue weighted by Gasteiger charge is -2.26. The smallest absolute Gasteiger partial charge is 0.148 e. The van der Waals surface area contributed by atoms with Crippen molar-refractivity contribution in [1.29, 1.82) is 0 Å². The summed E-state index contributed by atoms with van der Waals surface area (Å²) in [5, 5.41) is 3.60. The summed E-state index contributed by atoms with van der Waals surface area (Å²) in [6.07, 6.45) is 5.06. The first-order chi connectivity index (χ1) is 8.66. The van der Waals surface area contributed by atoms with Gasteiger partial charge in [-0.1, -0.05) is 25.0 Å². The van der Waals surface area contributed by atoms with Crippen molar-refractivity contribution >= 4 is 16.9 Å². The SMILES string of the molecule is Cc1nc2ccccc2nc1NC1(C)CCCC1. The summed E-state index contributed by atoms with van der Waals surface area (Å²) < 4.78 is 0. The lowest BCUT2D eigenvalue weighted by Crippen LogP contribution is -2.31. The third-order valence-electron chi connectivity index (χ3n) is 3.87. The minimum atomic E-state index is 0.196. The molecule has 1 N–H and O–H groups in total. The third kappa shape index (κ3) is 2.05. The van der Waals surface area contributed by atoms with Gasteiger partial charge in [0.15, 0.2) is 0 Å². The Kier molecular flexibility index (Phi) is 2.69. The van der Waals surface area contributed by atoms with Crippen LogP contribution in [0.4, 0.5) is 5.82 Å². The maximum absolute atomic E-state index is 4.71. The van der Waals surface area contributed by atoms with Gasteiger partial charge in [0.2, 0.25) is 0 Å². The molecule has 3 nitrogen and oxygen atoms in total. The molecular formula is C15H19N3. The van der Waals surface area contributed by atoms with Gasteiger partial charge in [-0.15, -0.1) is 0 Å². The normalized spacial score (nSPS) is 18.1. The summed E-state index contributed by atoms with van der Waals surface area (Å²) in [4.78, 5) is 9.33. The molecule has 0 aliphatic heterocycles. The van der Waals surface area contributed by atoms with Crippen LogP contribution in [0, 0.1) is 6.92 Å². The first-order valence-corrected chi connectivity index (χ1v) is 6.68. The van der Waals surface area contributed by atoms with Gasteiger partial charge in [-0.2, -0.15) is 0 Å². The Labute approximate surface area is 108 Å². The van der Waals surface area contributed by atoms with Crippen LogP contribution in [0.15, 0.2) is 24.3 Å². The van der Waals surface area contributed by atoms with Crippen LogP contribution in [0.25, 0.3) is 11.0 Å². The number of nitrogens with one attached hydrogen (secondary N) is 1. The van der Waals surface area contributed by atoms with Crippen LogP contribution < -0.4 is 5.32 Å². The predicted molar refractivity (Wildman–Crippen MR) is 74.8 cm³/mol. The molecule has 0 amide bonds. The third-order valence-corrected chi connectivity index (χ3v) is 3.87. The summed E-state index contributed by atoms with van der Waals surface area (Å²) in [7, 11) is 0. The van der Waals surface area contributed by atoms with Crippen LogP contribution in [0.5, 0.6) is 0 Å². The molecule has 3 heteroatoms. The molecule has 18 heavy (non-hydrogen) atoms. The van der Waals surface area contributed by atoms with E-state index in [0.29, 0.717) is 0 Å². The summed E-state index contributed by atoms with van der Waals surface area (Å²) in [6, 6.07) is 8.04. The van der Waals surface area contributed by atoms with Crippen LogP contribution >= 0.6 is 0 Å². The van der Waals surface area contributed by atoms with Gasteiger partial charge in [-0.25, -0.2) is 9.97 Å². The number of rotatable bonds is 2. The second kappa shape index (κ2) is 4.23. The molecule has 1 aromatic heterocycles. The zero-order chi connectivity index (χ0) is 12.6. The van der Waals surface area contributed by atoms with E-state index in [-0.39, 0.29) is 5.54 Å². The van der Waals surface area contributed by atoms with Crippen LogP contribution in [0.3, 0.4) is 0 Å². The predicted octanol–water partition coefficient (Wildman–Crippen LogP) is 3.68. The summed E-state index contributed by atoms with van der Waals surface area (Å²) in [5.41, 5.74) is 3.12. The molecule has 0 atom stereocenters. The van der Waals surface area contributed by atoms with Crippen LogP contribution in [0.1, 0.15) is 38.3 Å². The number of hydrogen-bond acceptors (Lipinski definition) is 3. The molecule has 1 fully saturated rings. The Bertz CT molecular complexity index is 571. The van der Waals surface area contributed by atoms with Crippen molar-refractivity contribution < 1.29 is 0 Å². The fourth-order valence-corrected chi connectivity index (χ4v) is 2.77. The fourth-order valence-electron chi connectivity index (χ4n) is 2.77. The van der Waals surface area contributed by atoms with E-state index in [4.69, 9.17) is 4.98 Å². The average Bonchev–Trinajstić information content (AvgIpc) is 2.77. The maximum Gasteiger partial charge on any atom is 0.148 e. The Morgan fingerprint density at radius 2 is 1.67 bits per heavy atom. The van der Waals surface area contributed by atoms with Gasteiger partial charge in [-0.05, 0) is 38.8 Å². The standard InChI is InChI=1S/C15H19N3/c1-11-14(18-15(2)9-5-6-10-15)17-13-8-4-3-7-12(13)16-11/h3-4,7-8H,5-6,9-10H2,1-2H3,(H,17,18). The van der Waals surface area contributed by atoms with E-state index in [1.54, 1.807) is 0 Å². The molecule has 0 saturated heterocycles. The maximum atomic E-state index is 4.71. The minimum absolute atomic E-state index is 0.196. The molecule has 0 bridgehead atoms. The molecule has 0 unspecified atom stereocenters. The highest BCUT2D eigenvalue weighted by atomic mass is 15.1. The quantitative estimate of drug-likeness (QED) is 0.871. The van der Waals surface area contributed by atoms with E-state index < -0.39 is 0 Å². The van der Waals surface area contributed by atoms with E-state index in [0.717, 1.165) is 22.5 Å². The van der Waals surface area contributed by atoms with Gasteiger partial charge in [0.1, 0.15) is 5.82 Å². The highest BCUT2D eigenvalue weighted by Gasteiger charge is 2.29. The highest BCUT2D eigenvalue weighted by Crippen LogP contribution is 2.32. The van der Waals surface area contributed by atoms with Gasteiger partial charge in [0.05, 0.1) is 16.7 Å².